The van der Waals surface area contributed by atoms with Gasteiger partial charge < -0.3 is 10.1 Å². The second kappa shape index (κ2) is 9.15. The first kappa shape index (κ1) is 19.5. The Kier molecular flexibility index (Phi) is 6.38. The SMILES string of the molecule is COc1cccc2c1CCCC2CCNCCc1ccc2c(c1)CC(=O)CS2. The van der Waals surface area contributed by atoms with Gasteiger partial charge in [-0.15, -0.1) is 11.8 Å². The molecule has 2 aromatic rings. The minimum absolute atomic E-state index is 0.345. The number of methoxy groups -OCH3 is 1. The van der Waals surface area contributed by atoms with Gasteiger partial charge in [0.05, 0.1) is 12.9 Å². The number of ether oxygens (including phenoxy) is 1. The van der Waals surface area contributed by atoms with Crippen molar-refractivity contribution in [2.45, 2.75) is 49.3 Å². The van der Waals surface area contributed by atoms with Crippen LogP contribution in [0.5, 0.6) is 5.75 Å². The number of fused-ring (bicyclic) bond motifs is 2. The standard InChI is InChI=1S/C24H29NO2S/c1-27-23-7-3-5-21-18(4-2-6-22(21)23)11-13-25-12-10-17-8-9-24-19(14-17)15-20(26)16-28-24/h3,5,7-9,14,18,25H,2,4,6,10-13,15-16H2,1H3. The predicted molar refractivity (Wildman–Crippen MR) is 116 cm³/mol. The lowest BCUT2D eigenvalue weighted by atomic mass is 9.80. The zero-order chi connectivity index (χ0) is 19.3. The molecule has 4 rings (SSSR count). The van der Waals surface area contributed by atoms with E-state index in [1.807, 2.05) is 0 Å². The minimum atomic E-state index is 0.345. The Morgan fingerprint density at radius 2 is 2.14 bits per heavy atom. The van der Waals surface area contributed by atoms with Gasteiger partial charge in [-0.1, -0.05) is 24.3 Å². The Balaban J connectivity index is 1.26. The van der Waals surface area contributed by atoms with Gasteiger partial charge in [0.1, 0.15) is 11.5 Å². The molecular formula is C24H29NO2S. The van der Waals surface area contributed by atoms with E-state index in [4.69, 9.17) is 4.74 Å². The highest BCUT2D eigenvalue weighted by Gasteiger charge is 2.22. The van der Waals surface area contributed by atoms with Crippen molar-refractivity contribution >= 4 is 17.5 Å². The molecule has 0 radical (unpaired) electrons. The van der Waals surface area contributed by atoms with Gasteiger partial charge in [0.2, 0.25) is 0 Å². The van der Waals surface area contributed by atoms with Crippen molar-refractivity contribution < 1.29 is 9.53 Å². The van der Waals surface area contributed by atoms with E-state index in [1.165, 1.54) is 46.4 Å². The highest BCUT2D eigenvalue weighted by atomic mass is 32.2. The van der Waals surface area contributed by atoms with E-state index < -0.39 is 0 Å². The van der Waals surface area contributed by atoms with Gasteiger partial charge in [0, 0.05) is 11.3 Å². The summed E-state index contributed by atoms with van der Waals surface area (Å²) in [5.41, 5.74) is 5.45. The van der Waals surface area contributed by atoms with E-state index in [0.717, 1.165) is 31.7 Å². The summed E-state index contributed by atoms with van der Waals surface area (Å²) in [6, 6.07) is 13.1. The summed E-state index contributed by atoms with van der Waals surface area (Å²) >= 11 is 1.68. The minimum Gasteiger partial charge on any atom is -0.496 e. The van der Waals surface area contributed by atoms with Crippen molar-refractivity contribution in [1.82, 2.24) is 5.32 Å². The lowest BCUT2D eigenvalue weighted by molar-refractivity contribution is -0.116. The molecule has 0 aromatic heterocycles. The Labute approximate surface area is 172 Å². The summed E-state index contributed by atoms with van der Waals surface area (Å²) < 4.78 is 5.56. The number of thioether (sulfide) groups is 1. The molecule has 0 bridgehead atoms. The van der Waals surface area contributed by atoms with Crippen LogP contribution in [0.2, 0.25) is 0 Å². The molecular weight excluding hydrogens is 366 g/mol. The maximum absolute atomic E-state index is 11.7. The number of carbonyl (C=O) groups excluding carboxylic acids is 1. The van der Waals surface area contributed by atoms with Crippen molar-refractivity contribution in [3.63, 3.8) is 0 Å². The molecule has 28 heavy (non-hydrogen) atoms. The Hall–Kier alpha value is -1.78. The zero-order valence-corrected chi connectivity index (χ0v) is 17.4. The molecule has 1 heterocycles. The Bertz CT molecular complexity index is 848. The van der Waals surface area contributed by atoms with Crippen molar-refractivity contribution in [3.05, 3.63) is 58.7 Å². The fraction of sp³-hybridized carbons (Fsp3) is 0.458. The predicted octanol–water partition coefficient (Wildman–Crippen LogP) is 4.55. The Morgan fingerprint density at radius 1 is 1.21 bits per heavy atom. The molecule has 1 N–H and O–H groups in total. The van der Waals surface area contributed by atoms with Crippen LogP contribution in [0, 0.1) is 0 Å². The molecule has 0 fully saturated rings. The van der Waals surface area contributed by atoms with Crippen LogP contribution in [0.1, 0.15) is 47.4 Å². The molecule has 1 atom stereocenters. The van der Waals surface area contributed by atoms with Crippen molar-refractivity contribution in [2.24, 2.45) is 0 Å². The number of ketones is 1. The molecule has 4 heteroatoms. The number of nitrogens with one attached hydrogen (secondary N) is 1. The summed E-state index contributed by atoms with van der Waals surface area (Å²) in [5.74, 6) is 2.67. The fourth-order valence-electron chi connectivity index (χ4n) is 4.53. The summed E-state index contributed by atoms with van der Waals surface area (Å²) in [6.45, 7) is 2.03. The lowest BCUT2D eigenvalue weighted by Gasteiger charge is -2.27. The third-order valence-corrected chi connectivity index (χ3v) is 7.15. The van der Waals surface area contributed by atoms with Gasteiger partial charge in [0.25, 0.3) is 0 Å². The first-order valence-electron chi connectivity index (χ1n) is 10.4. The van der Waals surface area contributed by atoms with Gasteiger partial charge in [-0.2, -0.15) is 0 Å². The normalized spacial score (nSPS) is 18.5. The first-order chi connectivity index (χ1) is 13.7. The molecule has 2 aliphatic rings. The smallest absolute Gasteiger partial charge is 0.147 e. The number of carbonyl (C=O) groups is 1. The molecule has 1 aliphatic heterocycles. The molecule has 148 valence electrons. The van der Waals surface area contributed by atoms with E-state index in [2.05, 4.69) is 41.7 Å². The van der Waals surface area contributed by atoms with Gasteiger partial charge in [-0.05, 0) is 85.5 Å². The molecule has 3 nitrogen and oxygen atoms in total. The molecule has 1 aliphatic carbocycles. The summed E-state index contributed by atoms with van der Waals surface area (Å²) in [5, 5.41) is 3.63. The van der Waals surface area contributed by atoms with Gasteiger partial charge >= 0.3 is 0 Å². The third-order valence-electron chi connectivity index (χ3n) is 5.97. The van der Waals surface area contributed by atoms with Crippen molar-refractivity contribution in [1.29, 1.82) is 0 Å². The average molecular weight is 396 g/mol. The fourth-order valence-corrected chi connectivity index (χ4v) is 5.43. The van der Waals surface area contributed by atoms with Crippen LogP contribution >= 0.6 is 11.8 Å². The lowest BCUT2D eigenvalue weighted by Crippen LogP contribution is -2.22. The number of hydrogen-bond donors (Lipinski definition) is 1. The molecule has 0 spiro atoms. The van der Waals surface area contributed by atoms with Crippen LogP contribution in [-0.2, 0) is 24.1 Å². The quantitative estimate of drug-likeness (QED) is 0.698. The first-order valence-corrected chi connectivity index (χ1v) is 11.4. The second-order valence-corrected chi connectivity index (χ2v) is 8.87. The monoisotopic (exact) mass is 395 g/mol. The number of rotatable bonds is 7. The molecule has 0 saturated carbocycles. The van der Waals surface area contributed by atoms with Gasteiger partial charge in [-0.3, -0.25) is 4.79 Å². The van der Waals surface area contributed by atoms with Crippen LogP contribution in [0.25, 0.3) is 0 Å². The van der Waals surface area contributed by atoms with Gasteiger partial charge in [-0.25, -0.2) is 0 Å². The van der Waals surface area contributed by atoms with Crippen LogP contribution < -0.4 is 10.1 Å². The van der Waals surface area contributed by atoms with Crippen LogP contribution in [-0.4, -0.2) is 31.7 Å². The van der Waals surface area contributed by atoms with E-state index >= 15 is 0 Å². The molecule has 0 saturated heterocycles. The Morgan fingerprint density at radius 3 is 3.04 bits per heavy atom. The van der Waals surface area contributed by atoms with Crippen molar-refractivity contribution in [2.75, 3.05) is 26.0 Å². The number of Topliss-reactive ketones (excluding diaryl/α,β-unsaturated/α-hetero) is 1. The van der Waals surface area contributed by atoms with Crippen LogP contribution in [0.4, 0.5) is 0 Å². The highest BCUT2D eigenvalue weighted by molar-refractivity contribution is 8.00. The van der Waals surface area contributed by atoms with E-state index in [0.29, 0.717) is 23.9 Å². The second-order valence-electron chi connectivity index (χ2n) is 7.85. The topological polar surface area (TPSA) is 38.3 Å². The van der Waals surface area contributed by atoms with E-state index in [-0.39, 0.29) is 0 Å². The van der Waals surface area contributed by atoms with E-state index in [1.54, 1.807) is 18.9 Å². The maximum Gasteiger partial charge on any atom is 0.147 e. The maximum atomic E-state index is 11.7. The zero-order valence-electron chi connectivity index (χ0n) is 16.6. The largest absolute Gasteiger partial charge is 0.496 e. The van der Waals surface area contributed by atoms with Gasteiger partial charge in [0.15, 0.2) is 0 Å². The molecule has 2 aromatic carbocycles. The number of benzene rings is 2. The molecule has 0 amide bonds. The van der Waals surface area contributed by atoms with Crippen LogP contribution in [0.15, 0.2) is 41.3 Å². The number of hydrogen-bond acceptors (Lipinski definition) is 4. The highest BCUT2D eigenvalue weighted by Crippen LogP contribution is 2.38. The van der Waals surface area contributed by atoms with Crippen molar-refractivity contribution in [3.8, 4) is 5.75 Å². The summed E-state index contributed by atoms with van der Waals surface area (Å²) in [6.07, 6.45) is 6.47. The van der Waals surface area contributed by atoms with Crippen LogP contribution in [0.3, 0.4) is 0 Å². The third kappa shape index (κ3) is 4.44. The average Bonchev–Trinajstić information content (AvgIpc) is 2.72. The summed E-state index contributed by atoms with van der Waals surface area (Å²) in [4.78, 5) is 13.0. The van der Waals surface area contributed by atoms with E-state index in [9.17, 15) is 4.79 Å². The summed E-state index contributed by atoms with van der Waals surface area (Å²) in [7, 11) is 1.77. The molecule has 1 unspecified atom stereocenters.